The van der Waals surface area contributed by atoms with Gasteiger partial charge in [-0.25, -0.2) is 4.98 Å². The molecule has 0 bridgehead atoms. The van der Waals surface area contributed by atoms with Crippen LogP contribution in [-0.4, -0.2) is 45.3 Å². The molecular weight excluding hydrogens is 202 g/mol. The van der Waals surface area contributed by atoms with E-state index >= 15 is 0 Å². The Balaban J connectivity index is 1.70. The number of rotatable bonds is 8. The van der Waals surface area contributed by atoms with Crippen molar-refractivity contribution in [3.63, 3.8) is 0 Å². The van der Waals surface area contributed by atoms with E-state index in [1.54, 1.807) is 0 Å². The van der Waals surface area contributed by atoms with Crippen LogP contribution in [0.1, 0.15) is 25.7 Å². The maximum absolute atomic E-state index is 8.78. The number of imidazole rings is 1. The summed E-state index contributed by atoms with van der Waals surface area (Å²) in [6.07, 6.45) is 10.4. The maximum Gasteiger partial charge on any atom is 0.0946 e. The minimum Gasteiger partial charge on any atom is -0.396 e. The second-order valence-corrected chi connectivity index (χ2v) is 4.50. The largest absolute Gasteiger partial charge is 0.396 e. The number of unbranched alkanes of at least 4 members (excludes halogenated alkanes) is 1. The third-order valence-corrected chi connectivity index (χ3v) is 3.12. The van der Waals surface area contributed by atoms with E-state index in [1.165, 1.54) is 12.8 Å². The zero-order chi connectivity index (χ0) is 11.2. The molecule has 1 aromatic heterocycles. The van der Waals surface area contributed by atoms with Gasteiger partial charge in [-0.3, -0.25) is 4.90 Å². The summed E-state index contributed by atoms with van der Waals surface area (Å²) in [6.45, 7) is 3.57. The first-order chi connectivity index (χ1) is 7.90. The molecule has 1 aromatic rings. The minimum absolute atomic E-state index is 0.319. The first kappa shape index (κ1) is 11.6. The van der Waals surface area contributed by atoms with E-state index in [0.717, 1.165) is 38.5 Å². The van der Waals surface area contributed by atoms with Crippen LogP contribution < -0.4 is 0 Å². The molecule has 0 unspecified atom stereocenters. The first-order valence-electron chi connectivity index (χ1n) is 6.21. The summed E-state index contributed by atoms with van der Waals surface area (Å²) >= 11 is 0. The number of nitrogens with zero attached hydrogens (tertiary/aromatic N) is 3. The molecule has 4 nitrogen and oxygen atoms in total. The molecule has 1 aliphatic carbocycles. The van der Waals surface area contributed by atoms with Gasteiger partial charge in [-0.1, -0.05) is 0 Å². The molecular formula is C12H21N3O. The van der Waals surface area contributed by atoms with Crippen molar-refractivity contribution in [2.24, 2.45) is 0 Å². The van der Waals surface area contributed by atoms with Crippen LogP contribution in [0.5, 0.6) is 0 Å². The van der Waals surface area contributed by atoms with Crippen LogP contribution in [0.25, 0.3) is 0 Å². The van der Waals surface area contributed by atoms with Crippen LogP contribution in [0.3, 0.4) is 0 Å². The lowest BCUT2D eigenvalue weighted by molar-refractivity contribution is 0.228. The fraction of sp³-hybridized carbons (Fsp3) is 0.750. The Hall–Kier alpha value is -0.870. The van der Waals surface area contributed by atoms with Crippen LogP contribution in [0.2, 0.25) is 0 Å². The SMILES string of the molecule is OCCCCN(CCn1ccnc1)C1CC1. The molecule has 90 valence electrons. The van der Waals surface area contributed by atoms with E-state index in [0.29, 0.717) is 6.61 Å². The minimum atomic E-state index is 0.319. The van der Waals surface area contributed by atoms with Gasteiger partial charge in [-0.15, -0.1) is 0 Å². The van der Waals surface area contributed by atoms with Crippen molar-refractivity contribution in [3.05, 3.63) is 18.7 Å². The average molecular weight is 223 g/mol. The van der Waals surface area contributed by atoms with Gasteiger partial charge >= 0.3 is 0 Å². The monoisotopic (exact) mass is 223 g/mol. The zero-order valence-corrected chi connectivity index (χ0v) is 9.76. The van der Waals surface area contributed by atoms with Crippen LogP contribution in [0.4, 0.5) is 0 Å². The van der Waals surface area contributed by atoms with Gasteiger partial charge in [0.25, 0.3) is 0 Å². The highest BCUT2D eigenvalue weighted by Gasteiger charge is 2.27. The zero-order valence-electron chi connectivity index (χ0n) is 9.76. The Morgan fingerprint density at radius 1 is 1.31 bits per heavy atom. The predicted octanol–water partition coefficient (Wildman–Crippen LogP) is 1.12. The Labute approximate surface area is 96.9 Å². The molecule has 1 saturated carbocycles. The molecule has 0 amide bonds. The fourth-order valence-electron chi connectivity index (χ4n) is 2.01. The maximum atomic E-state index is 8.78. The number of aliphatic hydroxyl groups excluding tert-OH is 1. The van der Waals surface area contributed by atoms with Crippen molar-refractivity contribution in [3.8, 4) is 0 Å². The van der Waals surface area contributed by atoms with E-state index < -0.39 is 0 Å². The van der Waals surface area contributed by atoms with Crippen molar-refractivity contribution in [1.82, 2.24) is 14.5 Å². The van der Waals surface area contributed by atoms with Gasteiger partial charge in [0, 0.05) is 38.1 Å². The van der Waals surface area contributed by atoms with Crippen molar-refractivity contribution in [2.75, 3.05) is 19.7 Å². The fourth-order valence-corrected chi connectivity index (χ4v) is 2.01. The van der Waals surface area contributed by atoms with Crippen molar-refractivity contribution < 1.29 is 5.11 Å². The summed E-state index contributed by atoms with van der Waals surface area (Å²) in [5, 5.41) is 8.78. The normalized spacial score (nSPS) is 15.9. The van der Waals surface area contributed by atoms with Crippen LogP contribution in [0.15, 0.2) is 18.7 Å². The molecule has 0 radical (unpaired) electrons. The van der Waals surface area contributed by atoms with Crippen LogP contribution in [0, 0.1) is 0 Å². The van der Waals surface area contributed by atoms with Gasteiger partial charge in [0.15, 0.2) is 0 Å². The summed E-state index contributed by atoms with van der Waals surface area (Å²) in [5.74, 6) is 0. The number of hydrogen-bond donors (Lipinski definition) is 1. The molecule has 1 heterocycles. The molecule has 0 atom stereocenters. The Kier molecular flexibility index (Phi) is 4.36. The topological polar surface area (TPSA) is 41.3 Å². The van der Waals surface area contributed by atoms with Gasteiger partial charge in [-0.05, 0) is 32.2 Å². The molecule has 4 heteroatoms. The second kappa shape index (κ2) is 6.01. The van der Waals surface area contributed by atoms with Crippen molar-refractivity contribution >= 4 is 0 Å². The average Bonchev–Trinajstić information content (AvgIpc) is 3.00. The van der Waals surface area contributed by atoms with E-state index in [-0.39, 0.29) is 0 Å². The molecule has 0 aliphatic heterocycles. The van der Waals surface area contributed by atoms with E-state index in [9.17, 15) is 0 Å². The third kappa shape index (κ3) is 3.61. The highest BCUT2D eigenvalue weighted by Crippen LogP contribution is 2.26. The van der Waals surface area contributed by atoms with E-state index in [4.69, 9.17) is 5.11 Å². The van der Waals surface area contributed by atoms with Crippen molar-refractivity contribution in [1.29, 1.82) is 0 Å². The Bertz CT molecular complexity index is 282. The molecule has 16 heavy (non-hydrogen) atoms. The third-order valence-electron chi connectivity index (χ3n) is 3.12. The summed E-state index contributed by atoms with van der Waals surface area (Å²) in [6, 6.07) is 0.808. The summed E-state index contributed by atoms with van der Waals surface area (Å²) < 4.78 is 2.13. The molecule has 2 rings (SSSR count). The Morgan fingerprint density at radius 2 is 2.19 bits per heavy atom. The second-order valence-electron chi connectivity index (χ2n) is 4.50. The van der Waals surface area contributed by atoms with Gasteiger partial charge < -0.3 is 9.67 Å². The van der Waals surface area contributed by atoms with E-state index in [1.807, 2.05) is 18.7 Å². The lowest BCUT2D eigenvalue weighted by atomic mass is 10.3. The number of aliphatic hydroxyl groups is 1. The number of aromatic nitrogens is 2. The highest BCUT2D eigenvalue weighted by molar-refractivity contribution is 4.85. The summed E-state index contributed by atoms with van der Waals surface area (Å²) in [7, 11) is 0. The van der Waals surface area contributed by atoms with Gasteiger partial charge in [0.2, 0.25) is 0 Å². The van der Waals surface area contributed by atoms with E-state index in [2.05, 4.69) is 14.5 Å². The van der Waals surface area contributed by atoms with Gasteiger partial charge in [-0.2, -0.15) is 0 Å². The molecule has 1 aliphatic rings. The van der Waals surface area contributed by atoms with Gasteiger partial charge in [0.1, 0.15) is 0 Å². The summed E-state index contributed by atoms with van der Waals surface area (Å²) in [4.78, 5) is 6.60. The smallest absolute Gasteiger partial charge is 0.0946 e. The lowest BCUT2D eigenvalue weighted by Gasteiger charge is -2.21. The standard InChI is InChI=1S/C12H21N3O/c16-10-2-1-6-15(12-3-4-12)9-8-14-7-5-13-11-14/h5,7,11-12,16H,1-4,6,8-10H2. The lowest BCUT2D eigenvalue weighted by Crippen LogP contribution is -2.30. The number of hydrogen-bond acceptors (Lipinski definition) is 3. The molecule has 0 aromatic carbocycles. The van der Waals surface area contributed by atoms with Crippen molar-refractivity contribution in [2.45, 2.75) is 38.3 Å². The highest BCUT2D eigenvalue weighted by atomic mass is 16.2. The van der Waals surface area contributed by atoms with Crippen LogP contribution in [-0.2, 0) is 6.54 Å². The molecule has 0 spiro atoms. The van der Waals surface area contributed by atoms with Gasteiger partial charge in [0.05, 0.1) is 6.33 Å². The first-order valence-corrected chi connectivity index (χ1v) is 6.21. The molecule has 0 saturated heterocycles. The quantitative estimate of drug-likeness (QED) is 0.671. The summed E-state index contributed by atoms with van der Waals surface area (Å²) in [5.41, 5.74) is 0. The molecule has 1 N–H and O–H groups in total. The Morgan fingerprint density at radius 3 is 2.81 bits per heavy atom. The predicted molar refractivity (Wildman–Crippen MR) is 63.1 cm³/mol. The molecule has 1 fully saturated rings. The van der Waals surface area contributed by atoms with Crippen LogP contribution >= 0.6 is 0 Å².